The number of nitrogens with zero attached hydrogens (tertiary/aromatic N) is 3. The van der Waals surface area contributed by atoms with Crippen molar-refractivity contribution in [1.29, 1.82) is 0 Å². The van der Waals surface area contributed by atoms with Gasteiger partial charge in [-0.2, -0.15) is 0 Å². The van der Waals surface area contributed by atoms with Crippen molar-refractivity contribution in [3.05, 3.63) is 66.1 Å². The average Bonchev–Trinajstić information content (AvgIpc) is 3.52. The molecule has 7 rings (SSSR count). The summed E-state index contributed by atoms with van der Waals surface area (Å²) in [5, 5.41) is 14.8. The number of fused-ring (bicyclic) bond motifs is 3. The van der Waals surface area contributed by atoms with Gasteiger partial charge in [-0.25, -0.2) is 27.9 Å². The summed E-state index contributed by atoms with van der Waals surface area (Å²) < 4.78 is 47.8. The monoisotopic (exact) mass is 972 g/mol. The Balaban J connectivity index is 1.23. The fraction of sp³-hybridized carbons (Fsp3) is 0.479. The normalized spacial score (nSPS) is 22.6. The van der Waals surface area contributed by atoms with Crippen molar-refractivity contribution in [2.45, 2.75) is 127 Å². The van der Waals surface area contributed by atoms with Gasteiger partial charge in [-0.1, -0.05) is 38.1 Å². The van der Waals surface area contributed by atoms with E-state index in [1.807, 2.05) is 31.4 Å². The Morgan fingerprint density at radius 2 is 1.76 bits per heavy atom. The molecule has 2 aliphatic heterocycles. The number of rotatable bonds is 11. The maximum absolute atomic E-state index is 14.9. The van der Waals surface area contributed by atoms with Gasteiger partial charge in [0.25, 0.3) is 15.9 Å². The topological polar surface area (TPSA) is 236 Å². The Morgan fingerprint density at radius 1 is 1.00 bits per heavy atom. The number of nitrogens with one attached hydrogen (secondary N) is 5. The molecule has 1 aliphatic carbocycles. The number of amides is 5. The number of hydrogen-bond donors (Lipinski definition) is 5. The highest BCUT2D eigenvalue weighted by molar-refractivity contribution is 7.90. The predicted molar refractivity (Wildman–Crippen MR) is 258 cm³/mol. The zero-order chi connectivity index (χ0) is 49.1. The summed E-state index contributed by atoms with van der Waals surface area (Å²) >= 11 is 1.43. The summed E-state index contributed by atoms with van der Waals surface area (Å²) in [5.74, 6) is -2.76. The number of pyridine rings is 1. The summed E-state index contributed by atoms with van der Waals surface area (Å²) in [6.45, 7) is 12.5. The molecule has 5 N–H and O–H groups in total. The van der Waals surface area contributed by atoms with Crippen molar-refractivity contribution < 1.29 is 46.6 Å². The third kappa shape index (κ3) is 11.5. The first kappa shape index (κ1) is 49.6. The van der Waals surface area contributed by atoms with E-state index in [9.17, 15) is 32.4 Å². The first-order valence-electron chi connectivity index (χ1n) is 22.8. The molecule has 4 aromatic rings. The first-order chi connectivity index (χ1) is 32.2. The van der Waals surface area contributed by atoms with Gasteiger partial charge in [-0.05, 0) is 90.5 Å². The number of hydrogen-bond acceptors (Lipinski definition) is 14. The summed E-state index contributed by atoms with van der Waals surface area (Å²) in [6, 6.07) is 10.6. The SMILES string of the molecule is COc1ccc2c(O[C@@H]3C[C@@H](C(=O)N[C@]45C[C@@H]4/C=C/CCCCC(=O)Nc4ccccc4S(=O)(=O)NC5=O)N(C(=O)[C@@H](NC(=O)OC(C)(C)C)C(C)C)C3)cc(-c3csc(NC(C)C)n3)nc2c1. The van der Waals surface area contributed by atoms with Crippen molar-refractivity contribution in [2.75, 3.05) is 24.3 Å². The smallest absolute Gasteiger partial charge is 0.408 e. The second-order valence-electron chi connectivity index (χ2n) is 19.0. The Labute approximate surface area is 400 Å². The van der Waals surface area contributed by atoms with Gasteiger partial charge in [0.05, 0.1) is 30.6 Å². The lowest BCUT2D eigenvalue weighted by Gasteiger charge is -2.31. The van der Waals surface area contributed by atoms with Crippen LogP contribution in [0.25, 0.3) is 22.3 Å². The highest BCUT2D eigenvalue weighted by Crippen LogP contribution is 2.46. The van der Waals surface area contributed by atoms with Crippen LogP contribution in [0.4, 0.5) is 15.6 Å². The molecule has 68 heavy (non-hydrogen) atoms. The minimum atomic E-state index is -4.58. The Bertz CT molecular complexity index is 2720. The van der Waals surface area contributed by atoms with Gasteiger partial charge in [0.15, 0.2) is 5.13 Å². The fourth-order valence-corrected chi connectivity index (χ4v) is 10.4. The van der Waals surface area contributed by atoms with Crippen LogP contribution in [-0.4, -0.2) is 102 Å². The Kier molecular flexibility index (Phi) is 14.7. The van der Waals surface area contributed by atoms with E-state index < -0.39 is 75.0 Å². The average molecular weight is 973 g/mol. The van der Waals surface area contributed by atoms with Crippen LogP contribution in [-0.2, 0) is 33.9 Å². The molecular formula is C48H60N8O10S2. The molecule has 1 saturated carbocycles. The summed E-state index contributed by atoms with van der Waals surface area (Å²) in [5.41, 5.74) is -0.916. The van der Waals surface area contributed by atoms with Gasteiger partial charge in [-0.15, -0.1) is 11.3 Å². The van der Waals surface area contributed by atoms with E-state index in [0.717, 1.165) is 0 Å². The summed E-state index contributed by atoms with van der Waals surface area (Å²) in [6.07, 6.45) is 3.96. The molecule has 2 aromatic carbocycles. The lowest BCUT2D eigenvalue weighted by molar-refractivity contribution is -0.141. The summed E-state index contributed by atoms with van der Waals surface area (Å²) in [7, 11) is -3.03. The largest absolute Gasteiger partial charge is 0.497 e. The number of methoxy groups -OCH3 is 1. The maximum atomic E-state index is 14.9. The van der Waals surface area contributed by atoms with Crippen LogP contribution in [0.15, 0.2) is 71.0 Å². The molecule has 4 heterocycles. The van der Waals surface area contributed by atoms with E-state index >= 15 is 0 Å². The fourth-order valence-electron chi connectivity index (χ4n) is 8.30. The van der Waals surface area contributed by atoms with Gasteiger partial charge in [0, 0.05) is 47.7 Å². The quantitative estimate of drug-likeness (QED) is 0.101. The van der Waals surface area contributed by atoms with E-state index in [1.165, 1.54) is 34.4 Å². The van der Waals surface area contributed by atoms with Crippen LogP contribution < -0.4 is 35.5 Å². The molecule has 3 aliphatic rings. The molecule has 1 saturated heterocycles. The van der Waals surface area contributed by atoms with Crippen molar-refractivity contribution in [3.8, 4) is 22.9 Å². The van der Waals surface area contributed by atoms with Crippen molar-refractivity contribution >= 4 is 72.8 Å². The number of ether oxygens (including phenoxy) is 3. The molecular weight excluding hydrogens is 913 g/mol. The number of aromatic nitrogens is 2. The van der Waals surface area contributed by atoms with Crippen LogP contribution in [0.3, 0.4) is 0 Å². The number of alkyl carbamates (subject to hydrolysis) is 1. The molecule has 5 atom stereocenters. The van der Waals surface area contributed by atoms with Gasteiger partial charge < -0.3 is 40.4 Å². The lowest BCUT2D eigenvalue weighted by Crippen LogP contribution is -2.59. The number of carbonyl (C=O) groups excluding carboxylic acids is 5. The zero-order valence-electron chi connectivity index (χ0n) is 39.5. The van der Waals surface area contributed by atoms with E-state index in [2.05, 4.69) is 26.0 Å². The Morgan fingerprint density at radius 3 is 2.49 bits per heavy atom. The van der Waals surface area contributed by atoms with E-state index in [0.29, 0.717) is 58.2 Å². The molecule has 20 heteroatoms. The highest BCUT2D eigenvalue weighted by atomic mass is 32.2. The molecule has 5 amide bonds. The summed E-state index contributed by atoms with van der Waals surface area (Å²) in [4.78, 5) is 80.7. The Hall–Kier alpha value is -6.28. The molecule has 0 bridgehead atoms. The van der Waals surface area contributed by atoms with Crippen LogP contribution in [0, 0.1) is 11.8 Å². The van der Waals surface area contributed by atoms with Crippen LogP contribution in [0.1, 0.15) is 87.0 Å². The van der Waals surface area contributed by atoms with Crippen LogP contribution in [0.2, 0.25) is 0 Å². The number of carbonyl (C=O) groups is 5. The number of likely N-dealkylation sites (tertiary alicyclic amines) is 1. The van der Waals surface area contributed by atoms with Gasteiger partial charge in [0.2, 0.25) is 17.7 Å². The number of allylic oxidation sites excluding steroid dienone is 1. The second kappa shape index (κ2) is 20.1. The molecule has 0 spiro atoms. The number of thiazole rings is 1. The number of para-hydroxylation sites is 1. The molecule has 0 unspecified atom stereocenters. The second-order valence-corrected chi connectivity index (χ2v) is 21.5. The number of sulfonamides is 1. The standard InChI is InChI=1S/C48H60N8O10S2/c1-27(2)41(53-46(61)66-47(5,6)7)43(59)56-25-31(65-38-23-35(36-26-67-45(52-36)49-28(3)4)50-34-21-30(64-8)19-20-32(34)38)22-37(56)42(58)54-48-24-29(48)15-11-9-10-12-18-40(57)51-33-16-13-14-17-39(33)68(62,63)55-44(48)60/h11,13-17,19-21,23,26-29,31,37,41H,9-10,12,18,22,24-25H2,1-8H3,(H,49,52)(H,51,57)(H,53,61)(H,54,58)(H,55,60)/b15-11+/t29-,31+,37-,41-,48+/m0/s1. The minimum absolute atomic E-state index is 0.00906. The van der Waals surface area contributed by atoms with Crippen molar-refractivity contribution in [3.63, 3.8) is 0 Å². The van der Waals surface area contributed by atoms with Crippen molar-refractivity contribution in [2.24, 2.45) is 11.8 Å². The predicted octanol–water partition coefficient (Wildman–Crippen LogP) is 6.53. The zero-order valence-corrected chi connectivity index (χ0v) is 41.1. The highest BCUT2D eigenvalue weighted by Gasteiger charge is 2.62. The van der Waals surface area contributed by atoms with Crippen LogP contribution in [0.5, 0.6) is 11.5 Å². The number of benzene rings is 2. The molecule has 18 nitrogen and oxygen atoms in total. The van der Waals surface area contributed by atoms with Gasteiger partial charge in [-0.3, -0.25) is 19.2 Å². The molecule has 2 aromatic heterocycles. The van der Waals surface area contributed by atoms with Gasteiger partial charge in [0.1, 0.15) is 51.4 Å². The molecule has 0 radical (unpaired) electrons. The molecule has 2 fully saturated rings. The number of anilines is 2. The van der Waals surface area contributed by atoms with Crippen molar-refractivity contribution in [1.82, 2.24) is 30.2 Å². The third-order valence-electron chi connectivity index (χ3n) is 11.7. The molecule has 364 valence electrons. The van der Waals surface area contributed by atoms with Gasteiger partial charge >= 0.3 is 6.09 Å². The van der Waals surface area contributed by atoms with E-state index in [-0.39, 0.29) is 48.3 Å². The maximum Gasteiger partial charge on any atom is 0.408 e. The first-order valence-corrected chi connectivity index (χ1v) is 25.2. The van der Waals surface area contributed by atoms with Crippen LogP contribution >= 0.6 is 11.3 Å². The van der Waals surface area contributed by atoms with E-state index in [4.69, 9.17) is 24.2 Å². The minimum Gasteiger partial charge on any atom is -0.497 e. The third-order valence-corrected chi connectivity index (χ3v) is 13.9. The lowest BCUT2D eigenvalue weighted by atomic mass is 10.0. The van der Waals surface area contributed by atoms with E-state index in [1.54, 1.807) is 72.1 Å².